The Morgan fingerprint density at radius 1 is 1.14 bits per heavy atom. The van der Waals surface area contributed by atoms with Crippen LogP contribution in [0.4, 0.5) is 0 Å². The van der Waals surface area contributed by atoms with Gasteiger partial charge in [0.2, 0.25) is 0 Å². The maximum Gasteiger partial charge on any atom is 0.138 e. The van der Waals surface area contributed by atoms with Gasteiger partial charge in [-0.05, 0) is 45.4 Å². The van der Waals surface area contributed by atoms with E-state index in [-0.39, 0.29) is 5.54 Å². The molecule has 0 radical (unpaired) electrons. The predicted octanol–water partition coefficient (Wildman–Crippen LogP) is 3.86. The molecule has 21 heavy (non-hydrogen) atoms. The average Bonchev–Trinajstić information content (AvgIpc) is 2.43. The number of nitrogens with zero attached hydrogens (tertiary/aromatic N) is 1. The van der Waals surface area contributed by atoms with E-state index < -0.39 is 0 Å². The summed E-state index contributed by atoms with van der Waals surface area (Å²) in [5, 5.41) is 3.42. The normalized spacial score (nSPS) is 11.4. The van der Waals surface area contributed by atoms with Crippen molar-refractivity contribution in [3.8, 4) is 5.75 Å². The SMILES string of the molecule is Cc1cccc(COc2ccc(CNC(C)(C)C)nc2)c1. The Balaban J connectivity index is 1.87. The first-order chi connectivity index (χ1) is 9.92. The molecule has 1 aromatic carbocycles. The predicted molar refractivity (Wildman–Crippen MR) is 86.3 cm³/mol. The first-order valence-electron chi connectivity index (χ1n) is 7.31. The number of hydrogen-bond acceptors (Lipinski definition) is 3. The van der Waals surface area contributed by atoms with Gasteiger partial charge in [0, 0.05) is 12.1 Å². The van der Waals surface area contributed by atoms with Gasteiger partial charge < -0.3 is 10.1 Å². The Hall–Kier alpha value is -1.87. The summed E-state index contributed by atoms with van der Waals surface area (Å²) in [7, 11) is 0. The molecule has 0 saturated carbocycles. The van der Waals surface area contributed by atoms with Crippen molar-refractivity contribution in [2.75, 3.05) is 0 Å². The van der Waals surface area contributed by atoms with E-state index >= 15 is 0 Å². The molecule has 1 aromatic heterocycles. The van der Waals surface area contributed by atoms with Gasteiger partial charge in [-0.15, -0.1) is 0 Å². The maximum atomic E-state index is 5.76. The highest BCUT2D eigenvalue weighted by molar-refractivity contribution is 5.24. The van der Waals surface area contributed by atoms with Crippen LogP contribution in [0.1, 0.15) is 37.6 Å². The third kappa shape index (κ3) is 5.56. The van der Waals surface area contributed by atoms with Crippen LogP contribution in [0, 0.1) is 6.92 Å². The first kappa shape index (κ1) is 15.5. The number of pyridine rings is 1. The molecule has 3 nitrogen and oxygen atoms in total. The molecule has 0 bridgehead atoms. The van der Waals surface area contributed by atoms with Gasteiger partial charge in [-0.2, -0.15) is 0 Å². The molecule has 0 spiro atoms. The van der Waals surface area contributed by atoms with E-state index in [2.05, 4.69) is 56.2 Å². The van der Waals surface area contributed by atoms with Crippen molar-refractivity contribution >= 4 is 0 Å². The van der Waals surface area contributed by atoms with Crippen LogP contribution in [0.15, 0.2) is 42.6 Å². The molecule has 0 saturated heterocycles. The zero-order chi connectivity index (χ0) is 15.3. The molecule has 0 aliphatic carbocycles. The van der Waals surface area contributed by atoms with Crippen LogP contribution >= 0.6 is 0 Å². The largest absolute Gasteiger partial charge is 0.487 e. The zero-order valence-corrected chi connectivity index (χ0v) is 13.3. The van der Waals surface area contributed by atoms with E-state index in [1.165, 1.54) is 11.1 Å². The molecular formula is C18H24N2O. The molecule has 0 atom stereocenters. The van der Waals surface area contributed by atoms with E-state index in [1.807, 2.05) is 18.2 Å². The van der Waals surface area contributed by atoms with E-state index in [0.29, 0.717) is 6.61 Å². The molecule has 2 rings (SSSR count). The van der Waals surface area contributed by atoms with E-state index in [9.17, 15) is 0 Å². The summed E-state index contributed by atoms with van der Waals surface area (Å²) in [5.41, 5.74) is 3.54. The highest BCUT2D eigenvalue weighted by Crippen LogP contribution is 2.13. The summed E-state index contributed by atoms with van der Waals surface area (Å²) in [5.74, 6) is 0.802. The second-order valence-electron chi connectivity index (χ2n) is 6.37. The summed E-state index contributed by atoms with van der Waals surface area (Å²) in [6.07, 6.45) is 1.79. The van der Waals surface area contributed by atoms with Crippen molar-refractivity contribution in [1.82, 2.24) is 10.3 Å². The first-order valence-corrected chi connectivity index (χ1v) is 7.31. The minimum atomic E-state index is 0.0992. The summed E-state index contributed by atoms with van der Waals surface area (Å²) in [6, 6.07) is 12.3. The van der Waals surface area contributed by atoms with Gasteiger partial charge >= 0.3 is 0 Å². The third-order valence-corrected chi connectivity index (χ3v) is 3.09. The number of aromatic nitrogens is 1. The van der Waals surface area contributed by atoms with Crippen molar-refractivity contribution in [3.05, 3.63) is 59.4 Å². The summed E-state index contributed by atoms with van der Waals surface area (Å²) in [6.45, 7) is 9.86. The third-order valence-electron chi connectivity index (χ3n) is 3.09. The number of benzene rings is 1. The number of aryl methyl sites for hydroxylation is 1. The molecule has 0 fully saturated rings. The minimum absolute atomic E-state index is 0.0992. The van der Waals surface area contributed by atoms with Gasteiger partial charge in [-0.1, -0.05) is 29.8 Å². The van der Waals surface area contributed by atoms with Crippen molar-refractivity contribution in [3.63, 3.8) is 0 Å². The van der Waals surface area contributed by atoms with Crippen LogP contribution in [0.25, 0.3) is 0 Å². The Morgan fingerprint density at radius 3 is 2.57 bits per heavy atom. The standard InChI is InChI=1S/C18H24N2O/c1-14-6-5-7-15(10-14)13-21-17-9-8-16(19-12-17)11-20-18(2,3)4/h5-10,12,20H,11,13H2,1-4H3. The van der Waals surface area contributed by atoms with Crippen LogP contribution in [0.3, 0.4) is 0 Å². The van der Waals surface area contributed by atoms with E-state index in [1.54, 1.807) is 6.20 Å². The smallest absolute Gasteiger partial charge is 0.138 e. The molecule has 112 valence electrons. The van der Waals surface area contributed by atoms with Gasteiger partial charge in [-0.25, -0.2) is 0 Å². The van der Waals surface area contributed by atoms with Gasteiger partial charge in [0.25, 0.3) is 0 Å². The fourth-order valence-corrected chi connectivity index (χ4v) is 1.93. The quantitative estimate of drug-likeness (QED) is 0.905. The molecule has 2 aromatic rings. The highest BCUT2D eigenvalue weighted by Gasteiger charge is 2.08. The Morgan fingerprint density at radius 2 is 1.95 bits per heavy atom. The second kappa shape index (κ2) is 6.72. The zero-order valence-electron chi connectivity index (χ0n) is 13.3. The van der Waals surface area contributed by atoms with Gasteiger partial charge in [0.15, 0.2) is 0 Å². The van der Waals surface area contributed by atoms with Gasteiger partial charge in [0.1, 0.15) is 12.4 Å². The second-order valence-corrected chi connectivity index (χ2v) is 6.37. The fraction of sp³-hybridized carbons (Fsp3) is 0.389. The molecular weight excluding hydrogens is 260 g/mol. The summed E-state index contributed by atoms with van der Waals surface area (Å²) in [4.78, 5) is 4.42. The Labute approximate surface area is 127 Å². The van der Waals surface area contributed by atoms with Crippen molar-refractivity contribution in [2.24, 2.45) is 0 Å². The van der Waals surface area contributed by atoms with Crippen LogP contribution in [0.2, 0.25) is 0 Å². The fourth-order valence-electron chi connectivity index (χ4n) is 1.93. The summed E-state index contributed by atoms with van der Waals surface area (Å²) >= 11 is 0. The van der Waals surface area contributed by atoms with E-state index in [4.69, 9.17) is 4.74 Å². The Bertz CT molecular complexity index is 571. The van der Waals surface area contributed by atoms with Gasteiger partial charge in [0.05, 0.1) is 11.9 Å². The van der Waals surface area contributed by atoms with Gasteiger partial charge in [-0.3, -0.25) is 4.98 Å². The molecule has 0 amide bonds. The molecule has 0 unspecified atom stereocenters. The Kier molecular flexibility index (Phi) is 4.97. The lowest BCUT2D eigenvalue weighted by molar-refractivity contribution is 0.304. The number of rotatable bonds is 5. The van der Waals surface area contributed by atoms with E-state index in [0.717, 1.165) is 18.0 Å². The van der Waals surface area contributed by atoms with Crippen LogP contribution in [0.5, 0.6) is 5.75 Å². The number of nitrogens with one attached hydrogen (secondary N) is 1. The maximum absolute atomic E-state index is 5.76. The van der Waals surface area contributed by atoms with Crippen molar-refractivity contribution < 1.29 is 4.74 Å². The monoisotopic (exact) mass is 284 g/mol. The lowest BCUT2D eigenvalue weighted by Crippen LogP contribution is -2.35. The van der Waals surface area contributed by atoms with Crippen LogP contribution in [-0.2, 0) is 13.2 Å². The highest BCUT2D eigenvalue weighted by atomic mass is 16.5. The van der Waals surface area contributed by atoms with Crippen LogP contribution in [-0.4, -0.2) is 10.5 Å². The minimum Gasteiger partial charge on any atom is -0.487 e. The molecule has 0 aliphatic heterocycles. The average molecular weight is 284 g/mol. The molecule has 3 heteroatoms. The van der Waals surface area contributed by atoms with Crippen LogP contribution < -0.4 is 10.1 Å². The molecule has 1 heterocycles. The molecule has 1 N–H and O–H groups in total. The molecule has 0 aliphatic rings. The number of ether oxygens (including phenoxy) is 1. The van der Waals surface area contributed by atoms with Crippen molar-refractivity contribution in [2.45, 2.75) is 46.4 Å². The number of hydrogen-bond donors (Lipinski definition) is 1. The lowest BCUT2D eigenvalue weighted by Gasteiger charge is -2.20. The summed E-state index contributed by atoms with van der Waals surface area (Å²) < 4.78 is 5.76. The lowest BCUT2D eigenvalue weighted by atomic mass is 10.1. The van der Waals surface area contributed by atoms with Crippen molar-refractivity contribution in [1.29, 1.82) is 0 Å². The topological polar surface area (TPSA) is 34.1 Å².